The SMILES string of the molecule is CN(C)C1(CNC(=O)CCNC2CC2)CCC1. The lowest BCUT2D eigenvalue weighted by molar-refractivity contribution is -0.122. The van der Waals surface area contributed by atoms with E-state index in [2.05, 4.69) is 29.6 Å². The van der Waals surface area contributed by atoms with Gasteiger partial charge >= 0.3 is 0 Å². The van der Waals surface area contributed by atoms with Crippen LogP contribution in [0.15, 0.2) is 0 Å². The molecule has 4 nitrogen and oxygen atoms in total. The summed E-state index contributed by atoms with van der Waals surface area (Å²) in [5.41, 5.74) is 0.236. The molecular weight excluding hydrogens is 214 g/mol. The van der Waals surface area contributed by atoms with Crippen LogP contribution in [0.1, 0.15) is 38.5 Å². The van der Waals surface area contributed by atoms with E-state index >= 15 is 0 Å². The quantitative estimate of drug-likeness (QED) is 0.688. The lowest BCUT2D eigenvalue weighted by atomic mass is 9.75. The molecule has 0 radical (unpaired) electrons. The fourth-order valence-corrected chi connectivity index (χ4v) is 2.40. The lowest BCUT2D eigenvalue weighted by Crippen LogP contribution is -2.57. The molecule has 4 heteroatoms. The van der Waals surface area contributed by atoms with Crippen LogP contribution < -0.4 is 10.6 Å². The number of nitrogens with one attached hydrogen (secondary N) is 2. The minimum atomic E-state index is 0.186. The average Bonchev–Trinajstić information content (AvgIpc) is 2.99. The maximum Gasteiger partial charge on any atom is 0.221 e. The number of carbonyl (C=O) groups is 1. The standard InChI is InChI=1S/C13H25N3O/c1-16(2)13(7-3-8-13)10-15-12(17)6-9-14-11-4-5-11/h11,14H,3-10H2,1-2H3,(H,15,17). The summed E-state index contributed by atoms with van der Waals surface area (Å²) in [5.74, 6) is 0.186. The lowest BCUT2D eigenvalue weighted by Gasteiger charge is -2.47. The number of hydrogen-bond donors (Lipinski definition) is 2. The summed E-state index contributed by atoms with van der Waals surface area (Å²) in [6.07, 6.45) is 6.88. The molecule has 2 fully saturated rings. The normalized spacial score (nSPS) is 22.3. The molecule has 2 N–H and O–H groups in total. The van der Waals surface area contributed by atoms with Crippen LogP contribution in [0.2, 0.25) is 0 Å². The van der Waals surface area contributed by atoms with E-state index < -0.39 is 0 Å². The van der Waals surface area contributed by atoms with Crippen LogP contribution >= 0.6 is 0 Å². The molecule has 98 valence electrons. The van der Waals surface area contributed by atoms with Crippen molar-refractivity contribution in [1.29, 1.82) is 0 Å². The van der Waals surface area contributed by atoms with Gasteiger partial charge in [-0.2, -0.15) is 0 Å². The molecule has 0 bridgehead atoms. The minimum Gasteiger partial charge on any atom is -0.354 e. The van der Waals surface area contributed by atoms with E-state index in [1.165, 1.54) is 32.1 Å². The summed E-state index contributed by atoms with van der Waals surface area (Å²) in [6, 6.07) is 0.697. The van der Waals surface area contributed by atoms with Crippen molar-refractivity contribution in [2.75, 3.05) is 27.2 Å². The molecule has 0 aromatic rings. The van der Waals surface area contributed by atoms with Gasteiger partial charge in [-0.05, 0) is 46.2 Å². The molecule has 0 atom stereocenters. The molecule has 2 rings (SSSR count). The summed E-state index contributed by atoms with van der Waals surface area (Å²) < 4.78 is 0. The van der Waals surface area contributed by atoms with Gasteiger partial charge in [0.05, 0.1) is 0 Å². The summed E-state index contributed by atoms with van der Waals surface area (Å²) in [5, 5.41) is 6.44. The number of amides is 1. The molecule has 0 aromatic heterocycles. The van der Waals surface area contributed by atoms with Crippen LogP contribution in [0.4, 0.5) is 0 Å². The first-order chi connectivity index (χ1) is 8.12. The molecule has 0 unspecified atom stereocenters. The van der Waals surface area contributed by atoms with E-state index in [9.17, 15) is 4.79 Å². The van der Waals surface area contributed by atoms with Gasteiger partial charge in [-0.25, -0.2) is 0 Å². The Kier molecular flexibility index (Phi) is 4.05. The average molecular weight is 239 g/mol. The number of rotatable bonds is 7. The first-order valence-electron chi connectivity index (χ1n) is 6.80. The zero-order valence-electron chi connectivity index (χ0n) is 11.1. The van der Waals surface area contributed by atoms with E-state index in [4.69, 9.17) is 0 Å². The molecule has 17 heavy (non-hydrogen) atoms. The Bertz CT molecular complexity index is 270. The second-order valence-electron chi connectivity index (χ2n) is 5.73. The van der Waals surface area contributed by atoms with Gasteiger partial charge in [-0.1, -0.05) is 0 Å². The molecule has 0 heterocycles. The monoisotopic (exact) mass is 239 g/mol. The van der Waals surface area contributed by atoms with E-state index in [1.807, 2.05) is 0 Å². The molecule has 2 aliphatic rings. The topological polar surface area (TPSA) is 44.4 Å². The van der Waals surface area contributed by atoms with E-state index in [-0.39, 0.29) is 11.4 Å². The van der Waals surface area contributed by atoms with E-state index in [1.54, 1.807) is 0 Å². The van der Waals surface area contributed by atoms with Crippen LogP contribution in [-0.2, 0) is 4.79 Å². The Morgan fingerprint density at radius 1 is 1.35 bits per heavy atom. The second kappa shape index (κ2) is 5.36. The summed E-state index contributed by atoms with van der Waals surface area (Å²) >= 11 is 0. The summed E-state index contributed by atoms with van der Waals surface area (Å²) in [7, 11) is 4.22. The molecule has 0 aromatic carbocycles. The van der Waals surface area contributed by atoms with Gasteiger partial charge in [0.2, 0.25) is 5.91 Å². The Morgan fingerprint density at radius 3 is 2.53 bits per heavy atom. The molecule has 0 spiro atoms. The van der Waals surface area contributed by atoms with Crippen molar-refractivity contribution in [2.45, 2.75) is 50.1 Å². The number of likely N-dealkylation sites (N-methyl/N-ethyl adjacent to an activating group) is 1. The predicted octanol–water partition coefficient (Wildman–Crippen LogP) is 0.729. The molecule has 2 saturated carbocycles. The van der Waals surface area contributed by atoms with Crippen molar-refractivity contribution in [2.24, 2.45) is 0 Å². The Balaban J connectivity index is 1.60. The number of hydrogen-bond acceptors (Lipinski definition) is 3. The molecule has 1 amide bonds. The second-order valence-corrected chi connectivity index (χ2v) is 5.73. The first kappa shape index (κ1) is 12.8. The third-order valence-corrected chi connectivity index (χ3v) is 4.21. The Morgan fingerprint density at radius 2 is 2.06 bits per heavy atom. The van der Waals surface area contributed by atoms with Gasteiger partial charge in [0.15, 0.2) is 0 Å². The largest absolute Gasteiger partial charge is 0.354 e. The smallest absolute Gasteiger partial charge is 0.221 e. The van der Waals surface area contributed by atoms with Crippen molar-refractivity contribution < 1.29 is 4.79 Å². The third kappa shape index (κ3) is 3.42. The highest BCUT2D eigenvalue weighted by Gasteiger charge is 2.39. The van der Waals surface area contributed by atoms with Crippen molar-refractivity contribution in [3.8, 4) is 0 Å². The van der Waals surface area contributed by atoms with Crippen LogP contribution in [0.25, 0.3) is 0 Å². The highest BCUT2D eigenvalue weighted by atomic mass is 16.1. The molecule has 0 aliphatic heterocycles. The third-order valence-electron chi connectivity index (χ3n) is 4.21. The highest BCUT2D eigenvalue weighted by molar-refractivity contribution is 5.76. The number of carbonyl (C=O) groups excluding carboxylic acids is 1. The molecular formula is C13H25N3O. The van der Waals surface area contributed by atoms with Crippen LogP contribution in [0, 0.1) is 0 Å². The summed E-state index contributed by atoms with van der Waals surface area (Å²) in [6.45, 7) is 1.63. The van der Waals surface area contributed by atoms with Gasteiger partial charge in [0, 0.05) is 31.1 Å². The van der Waals surface area contributed by atoms with Gasteiger partial charge in [-0.3, -0.25) is 4.79 Å². The van der Waals surface area contributed by atoms with Gasteiger partial charge < -0.3 is 15.5 Å². The zero-order chi connectivity index (χ0) is 12.3. The highest BCUT2D eigenvalue weighted by Crippen LogP contribution is 2.35. The predicted molar refractivity (Wildman–Crippen MR) is 68.9 cm³/mol. The van der Waals surface area contributed by atoms with Crippen molar-refractivity contribution >= 4 is 5.91 Å². The van der Waals surface area contributed by atoms with E-state index in [0.717, 1.165) is 13.1 Å². The van der Waals surface area contributed by atoms with Crippen molar-refractivity contribution in [3.63, 3.8) is 0 Å². The van der Waals surface area contributed by atoms with Gasteiger partial charge in [0.25, 0.3) is 0 Å². The van der Waals surface area contributed by atoms with Crippen molar-refractivity contribution in [1.82, 2.24) is 15.5 Å². The zero-order valence-corrected chi connectivity index (χ0v) is 11.1. The van der Waals surface area contributed by atoms with Gasteiger partial charge in [-0.15, -0.1) is 0 Å². The Labute approximate surface area is 104 Å². The summed E-state index contributed by atoms with van der Waals surface area (Å²) in [4.78, 5) is 13.9. The van der Waals surface area contributed by atoms with Crippen LogP contribution in [-0.4, -0.2) is 49.6 Å². The maximum absolute atomic E-state index is 11.7. The van der Waals surface area contributed by atoms with Crippen molar-refractivity contribution in [3.05, 3.63) is 0 Å². The van der Waals surface area contributed by atoms with E-state index in [0.29, 0.717) is 12.5 Å². The first-order valence-corrected chi connectivity index (χ1v) is 6.80. The number of nitrogens with zero attached hydrogens (tertiary/aromatic N) is 1. The Hall–Kier alpha value is -0.610. The minimum absolute atomic E-state index is 0.186. The molecule has 2 aliphatic carbocycles. The van der Waals surface area contributed by atoms with Gasteiger partial charge in [0.1, 0.15) is 0 Å². The fourth-order valence-electron chi connectivity index (χ4n) is 2.40. The van der Waals surface area contributed by atoms with Crippen LogP contribution in [0.5, 0.6) is 0 Å². The van der Waals surface area contributed by atoms with Crippen LogP contribution in [0.3, 0.4) is 0 Å². The maximum atomic E-state index is 11.7. The molecule has 0 saturated heterocycles. The fraction of sp³-hybridized carbons (Fsp3) is 0.923.